The minimum atomic E-state index is 0.385. The summed E-state index contributed by atoms with van der Waals surface area (Å²) in [6.07, 6.45) is 6.21. The zero-order valence-electron chi connectivity index (χ0n) is 6.25. The summed E-state index contributed by atoms with van der Waals surface area (Å²) in [5.41, 5.74) is 5.51. The lowest BCUT2D eigenvalue weighted by atomic mass is 10.0. The van der Waals surface area contributed by atoms with Crippen LogP contribution in [0.4, 0.5) is 0 Å². The monoisotopic (exact) mass is 141 g/mol. The molecule has 1 heterocycles. The predicted molar refractivity (Wildman–Crippen MR) is 39.7 cm³/mol. The van der Waals surface area contributed by atoms with Gasteiger partial charge in [-0.15, -0.1) is 0 Å². The summed E-state index contributed by atoms with van der Waals surface area (Å²) in [7, 11) is 0. The molecule has 0 aromatic carbocycles. The Morgan fingerprint density at radius 1 is 1.40 bits per heavy atom. The molecular weight excluding hydrogens is 126 g/mol. The molecule has 0 radical (unpaired) electrons. The third-order valence-corrected chi connectivity index (χ3v) is 2.79. The van der Waals surface area contributed by atoms with Gasteiger partial charge in [0.25, 0.3) is 0 Å². The molecule has 0 unspecified atom stereocenters. The van der Waals surface area contributed by atoms with Gasteiger partial charge in [-0.2, -0.15) is 0 Å². The van der Waals surface area contributed by atoms with Gasteiger partial charge in [-0.25, -0.2) is 0 Å². The topological polar surface area (TPSA) is 35.2 Å². The van der Waals surface area contributed by atoms with E-state index in [1.807, 2.05) is 0 Å². The second-order valence-electron chi connectivity index (χ2n) is 3.46. The summed E-state index contributed by atoms with van der Waals surface area (Å²) in [5.74, 6) is 0.855. The molecular formula is C8H15NO. The Labute approximate surface area is 61.7 Å². The molecule has 10 heavy (non-hydrogen) atoms. The van der Waals surface area contributed by atoms with Crippen molar-refractivity contribution in [3.05, 3.63) is 0 Å². The highest BCUT2D eigenvalue weighted by atomic mass is 16.5. The lowest BCUT2D eigenvalue weighted by molar-refractivity contribution is 0.0460. The van der Waals surface area contributed by atoms with Gasteiger partial charge < -0.3 is 10.5 Å². The van der Waals surface area contributed by atoms with Crippen molar-refractivity contribution in [3.8, 4) is 0 Å². The van der Waals surface area contributed by atoms with Gasteiger partial charge in [-0.3, -0.25) is 0 Å². The minimum Gasteiger partial charge on any atom is -0.373 e. The molecule has 1 aliphatic carbocycles. The average Bonchev–Trinajstić information content (AvgIpc) is 2.42. The van der Waals surface area contributed by atoms with Crippen molar-refractivity contribution in [2.75, 3.05) is 6.54 Å². The predicted octanol–water partition coefficient (Wildman–Crippen LogP) is 0.903. The average molecular weight is 141 g/mol. The van der Waals surface area contributed by atoms with Gasteiger partial charge in [0.05, 0.1) is 12.2 Å². The van der Waals surface area contributed by atoms with Crippen LogP contribution in [0.5, 0.6) is 0 Å². The van der Waals surface area contributed by atoms with Crippen molar-refractivity contribution in [1.29, 1.82) is 0 Å². The third kappa shape index (κ3) is 0.956. The fraction of sp³-hybridized carbons (Fsp3) is 1.00. The van der Waals surface area contributed by atoms with Gasteiger partial charge >= 0.3 is 0 Å². The zero-order chi connectivity index (χ0) is 6.97. The molecule has 1 aliphatic heterocycles. The second-order valence-corrected chi connectivity index (χ2v) is 3.46. The first-order chi connectivity index (χ1) is 4.90. The molecule has 2 aliphatic rings. The fourth-order valence-corrected chi connectivity index (χ4v) is 2.24. The maximum absolute atomic E-state index is 5.71. The van der Waals surface area contributed by atoms with Crippen LogP contribution in [-0.4, -0.2) is 18.8 Å². The molecule has 0 spiro atoms. The number of hydrogen-bond donors (Lipinski definition) is 1. The highest BCUT2D eigenvalue weighted by Gasteiger charge is 2.37. The summed E-state index contributed by atoms with van der Waals surface area (Å²) in [6, 6.07) is 0. The highest BCUT2D eigenvalue weighted by molar-refractivity contribution is 4.87. The Morgan fingerprint density at radius 3 is 3.00 bits per heavy atom. The smallest absolute Gasteiger partial charge is 0.0704 e. The third-order valence-electron chi connectivity index (χ3n) is 2.79. The Bertz CT molecular complexity index is 114. The molecule has 2 fully saturated rings. The zero-order valence-corrected chi connectivity index (χ0v) is 6.25. The Hall–Kier alpha value is -0.0800. The van der Waals surface area contributed by atoms with E-state index in [0.717, 1.165) is 5.92 Å². The van der Waals surface area contributed by atoms with Gasteiger partial charge in [-0.1, -0.05) is 6.42 Å². The van der Waals surface area contributed by atoms with Crippen molar-refractivity contribution < 1.29 is 4.74 Å². The van der Waals surface area contributed by atoms with Gasteiger partial charge in [0.1, 0.15) is 0 Å². The van der Waals surface area contributed by atoms with Crippen LogP contribution in [0.15, 0.2) is 0 Å². The molecule has 58 valence electrons. The lowest BCUT2D eigenvalue weighted by Crippen LogP contribution is -2.20. The highest BCUT2D eigenvalue weighted by Crippen LogP contribution is 2.38. The van der Waals surface area contributed by atoms with Gasteiger partial charge in [-0.05, 0) is 25.2 Å². The quantitative estimate of drug-likeness (QED) is 0.589. The maximum atomic E-state index is 5.71. The van der Waals surface area contributed by atoms with Crippen molar-refractivity contribution >= 4 is 0 Å². The second kappa shape index (κ2) is 2.51. The normalized spacial score (nSPS) is 45.9. The SMILES string of the molecule is NC[C@@H]1C[C@H]2CCC[C@@H]2O1. The molecule has 2 nitrogen and oxygen atoms in total. The first-order valence-electron chi connectivity index (χ1n) is 4.25. The number of ether oxygens (including phenoxy) is 1. The number of hydrogen-bond acceptors (Lipinski definition) is 2. The standard InChI is InChI=1S/C8H15NO/c9-5-7-4-6-2-1-3-8(6)10-7/h6-8H,1-5,9H2/t6-,7+,8+/m1/s1. The fourth-order valence-electron chi connectivity index (χ4n) is 2.24. The number of rotatable bonds is 1. The minimum absolute atomic E-state index is 0.385. The van der Waals surface area contributed by atoms with Crippen LogP contribution >= 0.6 is 0 Å². The van der Waals surface area contributed by atoms with E-state index < -0.39 is 0 Å². The molecule has 0 aromatic rings. The van der Waals surface area contributed by atoms with E-state index in [9.17, 15) is 0 Å². The van der Waals surface area contributed by atoms with Crippen LogP contribution in [0.1, 0.15) is 25.7 Å². The molecule has 0 aromatic heterocycles. The summed E-state index contributed by atoms with van der Waals surface area (Å²) in [6.45, 7) is 0.715. The first kappa shape index (κ1) is 6.62. The van der Waals surface area contributed by atoms with Crippen LogP contribution in [0.25, 0.3) is 0 Å². The molecule has 2 heteroatoms. The van der Waals surface area contributed by atoms with Crippen molar-refractivity contribution in [2.24, 2.45) is 11.7 Å². The summed E-state index contributed by atoms with van der Waals surface area (Å²) in [5, 5.41) is 0. The van der Waals surface area contributed by atoms with Gasteiger partial charge in [0.2, 0.25) is 0 Å². The molecule has 1 saturated carbocycles. The van der Waals surface area contributed by atoms with E-state index >= 15 is 0 Å². The van der Waals surface area contributed by atoms with E-state index in [1.165, 1.54) is 25.7 Å². The van der Waals surface area contributed by atoms with Crippen LogP contribution in [0.2, 0.25) is 0 Å². The Balaban J connectivity index is 1.94. The maximum Gasteiger partial charge on any atom is 0.0704 e. The van der Waals surface area contributed by atoms with Crippen molar-refractivity contribution in [3.63, 3.8) is 0 Å². The summed E-state index contributed by atoms with van der Waals surface area (Å²) < 4.78 is 5.71. The summed E-state index contributed by atoms with van der Waals surface area (Å²) in [4.78, 5) is 0. The largest absolute Gasteiger partial charge is 0.373 e. The van der Waals surface area contributed by atoms with E-state index in [1.54, 1.807) is 0 Å². The van der Waals surface area contributed by atoms with E-state index in [2.05, 4.69) is 0 Å². The molecule has 0 amide bonds. The van der Waals surface area contributed by atoms with Gasteiger partial charge in [0, 0.05) is 6.54 Å². The van der Waals surface area contributed by atoms with E-state index in [0.29, 0.717) is 18.8 Å². The summed E-state index contributed by atoms with van der Waals surface area (Å²) >= 11 is 0. The molecule has 2 N–H and O–H groups in total. The van der Waals surface area contributed by atoms with Crippen molar-refractivity contribution in [2.45, 2.75) is 37.9 Å². The lowest BCUT2D eigenvalue weighted by Gasteiger charge is -2.08. The Morgan fingerprint density at radius 2 is 2.30 bits per heavy atom. The molecule has 2 rings (SSSR count). The molecule has 3 atom stereocenters. The van der Waals surface area contributed by atoms with Crippen molar-refractivity contribution in [1.82, 2.24) is 0 Å². The van der Waals surface area contributed by atoms with E-state index in [-0.39, 0.29) is 0 Å². The van der Waals surface area contributed by atoms with Crippen LogP contribution in [-0.2, 0) is 4.74 Å². The van der Waals surface area contributed by atoms with Crippen LogP contribution < -0.4 is 5.73 Å². The first-order valence-corrected chi connectivity index (χ1v) is 4.25. The molecule has 1 saturated heterocycles. The van der Waals surface area contributed by atoms with Gasteiger partial charge in [0.15, 0.2) is 0 Å². The van der Waals surface area contributed by atoms with E-state index in [4.69, 9.17) is 10.5 Å². The Kier molecular flexibility index (Phi) is 1.66. The van der Waals surface area contributed by atoms with Crippen LogP contribution in [0.3, 0.4) is 0 Å². The molecule has 0 bridgehead atoms. The number of fused-ring (bicyclic) bond motifs is 1. The van der Waals surface area contributed by atoms with Crippen LogP contribution in [0, 0.1) is 5.92 Å². The number of nitrogens with two attached hydrogens (primary N) is 1.